The van der Waals surface area contributed by atoms with Gasteiger partial charge in [0.05, 0.1) is 59.4 Å². The van der Waals surface area contributed by atoms with Crippen LogP contribution in [0, 0.1) is 0 Å². The van der Waals surface area contributed by atoms with E-state index in [9.17, 15) is 14.4 Å². The average molecular weight is 691 g/mol. The molecule has 0 unspecified atom stereocenters. The molecule has 0 saturated heterocycles. The van der Waals surface area contributed by atoms with Gasteiger partial charge in [0.2, 0.25) is 0 Å². The van der Waals surface area contributed by atoms with Gasteiger partial charge >= 0.3 is 11.9 Å². The van der Waals surface area contributed by atoms with Gasteiger partial charge in [-0.05, 0) is 86.9 Å². The quantitative estimate of drug-likeness (QED) is 0.176. The largest absolute Gasteiger partial charge is 0.494 e. The molecule has 10 nitrogen and oxygen atoms in total. The molecule has 12 heteroatoms. The number of halogens is 1. The minimum absolute atomic E-state index is 0.171. The lowest BCUT2D eigenvalue weighted by Crippen LogP contribution is -2.39. The Hall–Kier alpha value is -4.87. The normalized spacial score (nSPS) is 14.2. The topological polar surface area (TPSA) is 115 Å². The number of hydrogen-bond donors (Lipinski definition) is 0. The molecule has 0 saturated carbocycles. The SMILES string of the molecule is CCOC(=O)C1=C(C)N=c2s/c(=C\c3cc(Cl)c(OCc4ccc(C(=O)OCC)cc4)c(OC)c3)c(=O)n2[C@@H]1c1ccc(OCC)cc1. The second-order valence-electron chi connectivity index (χ2n) is 10.5. The van der Waals surface area contributed by atoms with Crippen LogP contribution in [0.4, 0.5) is 0 Å². The molecule has 0 radical (unpaired) electrons. The predicted octanol–water partition coefficient (Wildman–Crippen LogP) is 5.61. The molecule has 0 N–H and O–H groups in total. The lowest BCUT2D eigenvalue weighted by molar-refractivity contribution is -0.139. The summed E-state index contributed by atoms with van der Waals surface area (Å²) in [6.07, 6.45) is 1.70. The number of nitrogens with zero attached hydrogens (tertiary/aromatic N) is 2. The third-order valence-electron chi connectivity index (χ3n) is 7.42. The van der Waals surface area contributed by atoms with Gasteiger partial charge in [0.25, 0.3) is 5.56 Å². The molecular formula is C36H35ClN2O8S. The molecule has 1 aromatic heterocycles. The summed E-state index contributed by atoms with van der Waals surface area (Å²) in [6.45, 7) is 8.28. The Morgan fingerprint density at radius 2 is 1.62 bits per heavy atom. The van der Waals surface area contributed by atoms with Gasteiger partial charge in [-0.3, -0.25) is 9.36 Å². The summed E-state index contributed by atoms with van der Waals surface area (Å²) in [7, 11) is 1.50. The van der Waals surface area contributed by atoms with Crippen molar-refractivity contribution < 1.29 is 33.3 Å². The van der Waals surface area contributed by atoms with Crippen LogP contribution in [-0.4, -0.2) is 43.4 Å². The minimum Gasteiger partial charge on any atom is -0.494 e. The van der Waals surface area contributed by atoms with Gasteiger partial charge in [0, 0.05) is 0 Å². The van der Waals surface area contributed by atoms with Crippen LogP contribution in [0.3, 0.4) is 0 Å². The number of methoxy groups -OCH3 is 1. The Morgan fingerprint density at radius 3 is 2.27 bits per heavy atom. The van der Waals surface area contributed by atoms with Gasteiger partial charge in [-0.2, -0.15) is 0 Å². The van der Waals surface area contributed by atoms with Crippen LogP contribution < -0.4 is 29.1 Å². The molecule has 250 valence electrons. The number of carbonyl (C=O) groups is 2. The van der Waals surface area contributed by atoms with Gasteiger partial charge in [-0.25, -0.2) is 14.6 Å². The van der Waals surface area contributed by atoms with E-state index in [1.165, 1.54) is 23.0 Å². The molecule has 0 amide bonds. The van der Waals surface area contributed by atoms with Crippen molar-refractivity contribution in [1.29, 1.82) is 0 Å². The van der Waals surface area contributed by atoms with Crippen molar-refractivity contribution in [2.24, 2.45) is 4.99 Å². The highest BCUT2D eigenvalue weighted by molar-refractivity contribution is 7.07. The van der Waals surface area contributed by atoms with E-state index in [1.807, 2.05) is 31.2 Å². The number of carbonyl (C=O) groups excluding carboxylic acids is 2. The molecule has 48 heavy (non-hydrogen) atoms. The zero-order valence-corrected chi connectivity index (χ0v) is 28.8. The van der Waals surface area contributed by atoms with Crippen molar-refractivity contribution >= 4 is 41.0 Å². The Balaban J connectivity index is 1.49. The number of benzene rings is 3. The number of fused-ring (bicyclic) bond motifs is 1. The Bertz CT molecular complexity index is 2030. The average Bonchev–Trinajstić information content (AvgIpc) is 3.37. The fourth-order valence-electron chi connectivity index (χ4n) is 5.24. The van der Waals surface area contributed by atoms with Crippen LogP contribution in [0.1, 0.15) is 60.8 Å². The molecule has 5 rings (SSSR count). The predicted molar refractivity (Wildman–Crippen MR) is 183 cm³/mol. The second kappa shape index (κ2) is 15.4. The summed E-state index contributed by atoms with van der Waals surface area (Å²) in [4.78, 5) is 44.3. The summed E-state index contributed by atoms with van der Waals surface area (Å²) in [5.41, 5.74) is 3.02. The summed E-state index contributed by atoms with van der Waals surface area (Å²) < 4.78 is 29.5. The molecule has 3 aromatic carbocycles. The van der Waals surface area contributed by atoms with Crippen molar-refractivity contribution in [3.8, 4) is 17.2 Å². The van der Waals surface area contributed by atoms with Crippen molar-refractivity contribution in [3.05, 3.63) is 119 Å². The Labute approximate surface area is 286 Å². The van der Waals surface area contributed by atoms with E-state index >= 15 is 0 Å². The Morgan fingerprint density at radius 1 is 0.938 bits per heavy atom. The smallest absolute Gasteiger partial charge is 0.338 e. The van der Waals surface area contributed by atoms with Gasteiger partial charge in [0.15, 0.2) is 16.3 Å². The number of aromatic nitrogens is 1. The van der Waals surface area contributed by atoms with Crippen molar-refractivity contribution in [1.82, 2.24) is 4.57 Å². The molecule has 2 heterocycles. The molecule has 1 aliphatic heterocycles. The van der Waals surface area contributed by atoms with Crippen molar-refractivity contribution in [2.75, 3.05) is 26.9 Å². The first-order valence-electron chi connectivity index (χ1n) is 15.4. The fourth-order valence-corrected chi connectivity index (χ4v) is 6.56. The first-order valence-corrected chi connectivity index (χ1v) is 16.6. The minimum atomic E-state index is -0.751. The molecule has 1 aliphatic rings. The highest BCUT2D eigenvalue weighted by Gasteiger charge is 2.33. The van der Waals surface area contributed by atoms with Gasteiger partial charge in [-0.1, -0.05) is 47.2 Å². The molecular weight excluding hydrogens is 656 g/mol. The molecule has 0 fully saturated rings. The van der Waals surface area contributed by atoms with Crippen LogP contribution in [-0.2, 0) is 20.9 Å². The van der Waals surface area contributed by atoms with E-state index in [1.54, 1.807) is 63.2 Å². The fraction of sp³-hybridized carbons (Fsp3) is 0.278. The van der Waals surface area contributed by atoms with Crippen molar-refractivity contribution in [2.45, 2.75) is 40.3 Å². The van der Waals surface area contributed by atoms with Gasteiger partial charge in [0.1, 0.15) is 12.4 Å². The zero-order valence-electron chi connectivity index (χ0n) is 27.2. The summed E-state index contributed by atoms with van der Waals surface area (Å²) in [5, 5.41) is 0.282. The van der Waals surface area contributed by atoms with Gasteiger partial charge in [-0.15, -0.1) is 0 Å². The van der Waals surface area contributed by atoms with Crippen LogP contribution in [0.2, 0.25) is 5.02 Å². The first kappa shape index (κ1) is 34.5. The standard InChI is InChI=1S/C36H35ClN2O8S/c1-6-44-26-15-13-24(14-16-26)31-30(35(42)46-8-3)21(4)38-36-39(31)33(40)29(48-36)19-23-17-27(37)32(28(18-23)43-5)47-20-22-9-11-25(12-10-22)34(41)45-7-2/h9-19,31H,6-8,20H2,1-5H3/b29-19-/t31-/m1/s1. The number of esters is 2. The third kappa shape index (κ3) is 7.32. The van der Waals surface area contributed by atoms with Crippen molar-refractivity contribution in [3.63, 3.8) is 0 Å². The lowest BCUT2D eigenvalue weighted by Gasteiger charge is -2.24. The number of thiazole rings is 1. The molecule has 4 aromatic rings. The third-order valence-corrected chi connectivity index (χ3v) is 8.69. The van der Waals surface area contributed by atoms with Crippen LogP contribution in [0.15, 0.2) is 81.7 Å². The second-order valence-corrected chi connectivity index (χ2v) is 12.0. The summed E-state index contributed by atoms with van der Waals surface area (Å²) in [6, 6.07) is 16.8. The Kier molecular flexibility index (Phi) is 11.0. The van der Waals surface area contributed by atoms with E-state index in [2.05, 4.69) is 4.99 Å². The van der Waals surface area contributed by atoms with E-state index in [0.717, 1.165) is 5.56 Å². The van der Waals surface area contributed by atoms with E-state index < -0.39 is 12.0 Å². The first-order chi connectivity index (χ1) is 23.2. The summed E-state index contributed by atoms with van der Waals surface area (Å²) >= 11 is 7.88. The number of hydrogen-bond acceptors (Lipinski definition) is 10. The monoisotopic (exact) mass is 690 g/mol. The molecule has 0 spiro atoms. The maximum Gasteiger partial charge on any atom is 0.338 e. The van der Waals surface area contributed by atoms with E-state index in [4.69, 9.17) is 35.3 Å². The van der Waals surface area contributed by atoms with Crippen LogP contribution in [0.5, 0.6) is 17.2 Å². The van der Waals surface area contributed by atoms with E-state index in [-0.39, 0.29) is 29.8 Å². The maximum atomic E-state index is 14.0. The number of rotatable bonds is 12. The van der Waals surface area contributed by atoms with Gasteiger partial charge < -0.3 is 23.7 Å². The highest BCUT2D eigenvalue weighted by atomic mass is 35.5. The number of ether oxygens (including phenoxy) is 5. The van der Waals surface area contributed by atoms with Crippen LogP contribution in [0.25, 0.3) is 6.08 Å². The maximum absolute atomic E-state index is 14.0. The summed E-state index contributed by atoms with van der Waals surface area (Å²) in [5.74, 6) is 0.458. The number of allylic oxidation sites excluding steroid dienone is 1. The molecule has 0 aliphatic carbocycles. The van der Waals surface area contributed by atoms with Crippen LogP contribution >= 0.6 is 22.9 Å². The highest BCUT2D eigenvalue weighted by Crippen LogP contribution is 2.37. The zero-order chi connectivity index (χ0) is 34.4. The lowest BCUT2D eigenvalue weighted by atomic mass is 9.96. The molecule has 1 atom stereocenters. The molecule has 0 bridgehead atoms. The van der Waals surface area contributed by atoms with E-state index in [0.29, 0.717) is 67.8 Å².